The lowest BCUT2D eigenvalue weighted by molar-refractivity contribution is 0.590. The van der Waals surface area contributed by atoms with Crippen LogP contribution in [0, 0.1) is 5.92 Å². The van der Waals surface area contributed by atoms with Crippen molar-refractivity contribution in [3.05, 3.63) is 167 Å². The molecule has 9 rings (SSSR count). The lowest BCUT2D eigenvalue weighted by Crippen LogP contribution is -2.28. The van der Waals surface area contributed by atoms with Crippen LogP contribution in [0.2, 0.25) is 0 Å². The van der Waals surface area contributed by atoms with E-state index in [1.54, 1.807) is 0 Å². The van der Waals surface area contributed by atoms with E-state index in [0.717, 1.165) is 42.7 Å². The molecular weight excluding hydrogens is 641 g/mol. The van der Waals surface area contributed by atoms with E-state index < -0.39 is 0 Å². The molecule has 0 fully saturated rings. The van der Waals surface area contributed by atoms with Crippen molar-refractivity contribution < 1.29 is 0 Å². The minimum atomic E-state index is 0.0582. The van der Waals surface area contributed by atoms with E-state index in [9.17, 15) is 0 Å². The number of benzene rings is 4. The first-order chi connectivity index (χ1) is 25.2. The Morgan fingerprint density at radius 3 is 2.49 bits per heavy atom. The van der Waals surface area contributed by atoms with Crippen molar-refractivity contribution in [1.29, 1.82) is 0 Å². The summed E-state index contributed by atoms with van der Waals surface area (Å²) in [6.45, 7) is 0.684. The van der Waals surface area contributed by atoms with Gasteiger partial charge >= 0.3 is 0 Å². The Kier molecular flexibility index (Phi) is 8.42. The lowest BCUT2D eigenvalue weighted by Gasteiger charge is -2.37. The smallest absolute Gasteiger partial charge is 0.156 e. The van der Waals surface area contributed by atoms with Crippen molar-refractivity contribution in [2.24, 2.45) is 21.6 Å². The summed E-state index contributed by atoms with van der Waals surface area (Å²) in [6, 6.07) is 35.1. The van der Waals surface area contributed by atoms with Crippen LogP contribution in [0.25, 0.3) is 38.4 Å². The van der Waals surface area contributed by atoms with Crippen molar-refractivity contribution in [2.75, 3.05) is 11.9 Å². The number of nitrogens with zero attached hydrogens (tertiary/aromatic N) is 2. The van der Waals surface area contributed by atoms with Gasteiger partial charge in [0.15, 0.2) is 5.84 Å². The van der Waals surface area contributed by atoms with E-state index in [-0.39, 0.29) is 12.0 Å². The summed E-state index contributed by atoms with van der Waals surface area (Å²) in [4.78, 5) is 11.7. The standard InChI is InChI=1S/C46H40N4S/c47-45(50-46(32-19-8-3-9-20-32)48-29-30-15-4-1-5-16-30)33-27-39-38-25-14-24-34(31-17-6-2-7-18-31)43(38)51-44(39)40(28-33)42-37-23-11-10-21-35(37)36-22-12-13-26-41(36)49-42/h1-2,4-8,10-15,17-27,30,40,42,49H,3,9,16,28-29H2,(H2,47,48,50)/t30?,40?,42-/m1/s1. The molecule has 0 amide bonds. The van der Waals surface area contributed by atoms with Crippen LogP contribution in [0.4, 0.5) is 5.69 Å². The van der Waals surface area contributed by atoms with Gasteiger partial charge < -0.3 is 11.1 Å². The van der Waals surface area contributed by atoms with Gasteiger partial charge in [0.1, 0.15) is 5.84 Å². The summed E-state index contributed by atoms with van der Waals surface area (Å²) in [5, 5.41) is 5.27. The van der Waals surface area contributed by atoms with Crippen LogP contribution < -0.4 is 11.1 Å². The number of hydrogen-bond donors (Lipinski definition) is 2. The van der Waals surface area contributed by atoms with Crippen molar-refractivity contribution >= 4 is 44.9 Å². The average molecular weight is 681 g/mol. The molecule has 5 aromatic rings. The fourth-order valence-corrected chi connectivity index (χ4v) is 9.44. The minimum Gasteiger partial charge on any atom is -0.383 e. The molecule has 3 N–H and O–H groups in total. The Balaban J connectivity index is 1.18. The fraction of sp³-hybridized carbons (Fsp3) is 0.174. The molecule has 0 spiro atoms. The molecule has 5 heteroatoms. The number of allylic oxidation sites excluding steroid dienone is 5. The predicted molar refractivity (Wildman–Crippen MR) is 218 cm³/mol. The third kappa shape index (κ3) is 6.02. The van der Waals surface area contributed by atoms with E-state index in [0.29, 0.717) is 18.3 Å². The van der Waals surface area contributed by atoms with Crippen molar-refractivity contribution in [3.63, 3.8) is 0 Å². The first kappa shape index (κ1) is 31.5. The monoisotopic (exact) mass is 680 g/mol. The molecule has 250 valence electrons. The normalized spacial score (nSPS) is 21.0. The predicted octanol–water partition coefficient (Wildman–Crippen LogP) is 11.4. The number of nitrogens with two attached hydrogens (primary N) is 1. The molecule has 0 saturated heterocycles. The molecule has 0 bridgehead atoms. The number of aliphatic imine (C=N–C) groups is 2. The number of thiophene rings is 1. The number of nitrogens with one attached hydrogen (secondary N) is 1. The number of fused-ring (bicyclic) bond motifs is 6. The highest BCUT2D eigenvalue weighted by atomic mass is 32.1. The fourth-order valence-electron chi connectivity index (χ4n) is 7.98. The van der Waals surface area contributed by atoms with Crippen LogP contribution in [0.1, 0.15) is 53.6 Å². The van der Waals surface area contributed by atoms with Crippen LogP contribution in [0.3, 0.4) is 0 Å². The molecule has 4 aromatic carbocycles. The van der Waals surface area contributed by atoms with Gasteiger partial charge in [-0.15, -0.1) is 11.3 Å². The zero-order valence-corrected chi connectivity index (χ0v) is 29.3. The first-order valence-electron chi connectivity index (χ1n) is 18.1. The van der Waals surface area contributed by atoms with Crippen molar-refractivity contribution in [2.45, 2.75) is 37.6 Å². The molecule has 2 unspecified atom stereocenters. The molecule has 3 atom stereocenters. The van der Waals surface area contributed by atoms with Gasteiger partial charge in [0, 0.05) is 50.2 Å². The van der Waals surface area contributed by atoms with Gasteiger partial charge in [0.25, 0.3) is 0 Å². The van der Waals surface area contributed by atoms with Crippen molar-refractivity contribution in [1.82, 2.24) is 0 Å². The maximum Gasteiger partial charge on any atom is 0.156 e. The molecule has 0 saturated carbocycles. The lowest BCUT2D eigenvalue weighted by atomic mass is 9.77. The summed E-state index contributed by atoms with van der Waals surface area (Å²) in [6.07, 6.45) is 21.4. The largest absolute Gasteiger partial charge is 0.383 e. The van der Waals surface area contributed by atoms with E-state index in [1.807, 2.05) is 11.3 Å². The van der Waals surface area contributed by atoms with Gasteiger partial charge in [-0.3, -0.25) is 4.99 Å². The number of rotatable bonds is 6. The summed E-state index contributed by atoms with van der Waals surface area (Å²) in [7, 11) is 0. The molecule has 1 aromatic heterocycles. The van der Waals surface area contributed by atoms with E-state index >= 15 is 0 Å². The molecular formula is C46H40N4S. The summed E-state index contributed by atoms with van der Waals surface area (Å²) in [5.74, 6) is 1.78. The van der Waals surface area contributed by atoms with Crippen LogP contribution in [0.15, 0.2) is 161 Å². The minimum absolute atomic E-state index is 0.0582. The average Bonchev–Trinajstić information content (AvgIpc) is 3.59. The molecule has 2 heterocycles. The molecule has 1 aliphatic heterocycles. The topological polar surface area (TPSA) is 62.8 Å². The summed E-state index contributed by atoms with van der Waals surface area (Å²) in [5.41, 5.74) is 18.0. The van der Waals surface area contributed by atoms with Gasteiger partial charge in [-0.1, -0.05) is 134 Å². The van der Waals surface area contributed by atoms with Crippen molar-refractivity contribution in [3.8, 4) is 22.3 Å². The van der Waals surface area contributed by atoms with Crippen LogP contribution in [-0.4, -0.2) is 18.2 Å². The Hall–Kier alpha value is -5.52. The first-order valence-corrected chi connectivity index (χ1v) is 18.9. The maximum atomic E-state index is 7.13. The quantitative estimate of drug-likeness (QED) is 0.138. The van der Waals surface area contributed by atoms with Gasteiger partial charge in [-0.2, -0.15) is 0 Å². The van der Waals surface area contributed by atoms with Crippen LogP contribution in [0.5, 0.6) is 0 Å². The van der Waals surface area contributed by atoms with Gasteiger partial charge in [0.2, 0.25) is 0 Å². The zero-order valence-electron chi connectivity index (χ0n) is 28.5. The Morgan fingerprint density at radius 2 is 1.65 bits per heavy atom. The number of anilines is 1. The van der Waals surface area contributed by atoms with Crippen LogP contribution in [-0.2, 0) is 0 Å². The molecule has 4 nitrogen and oxygen atoms in total. The molecule has 3 aliphatic carbocycles. The Labute approximate surface area is 303 Å². The van der Waals surface area contributed by atoms with E-state index in [4.69, 9.17) is 15.7 Å². The Bertz CT molecular complexity index is 2350. The highest BCUT2D eigenvalue weighted by molar-refractivity contribution is 7.20. The second-order valence-electron chi connectivity index (χ2n) is 13.8. The van der Waals surface area contributed by atoms with Gasteiger partial charge in [-0.05, 0) is 71.2 Å². The highest BCUT2D eigenvalue weighted by Gasteiger charge is 2.37. The maximum absolute atomic E-state index is 7.13. The van der Waals surface area contributed by atoms with Crippen LogP contribution >= 0.6 is 11.3 Å². The summed E-state index contributed by atoms with van der Waals surface area (Å²) < 4.78 is 1.31. The third-order valence-corrected chi connectivity index (χ3v) is 11.9. The number of hydrogen-bond acceptors (Lipinski definition) is 3. The number of para-hydroxylation sites is 1. The Morgan fingerprint density at radius 1 is 0.824 bits per heavy atom. The molecule has 4 aliphatic rings. The number of amidine groups is 2. The van der Waals surface area contributed by atoms with Gasteiger partial charge in [-0.25, -0.2) is 4.99 Å². The highest BCUT2D eigenvalue weighted by Crippen LogP contribution is 2.54. The second kappa shape index (κ2) is 13.7. The van der Waals surface area contributed by atoms with E-state index in [2.05, 4.69) is 151 Å². The second-order valence-corrected chi connectivity index (χ2v) is 14.8. The molecule has 0 radical (unpaired) electrons. The SMILES string of the molecule is N/C(=N\C(=N/CC1C=CC=CC1)C1=CCCC=C1)C1=Cc2c(sc3c(-c4ccccc4)cccc23)C([C@@H]2Nc3ccccc3-c3ccccc32)C1. The summed E-state index contributed by atoms with van der Waals surface area (Å²) >= 11 is 1.93. The van der Waals surface area contributed by atoms with E-state index in [1.165, 1.54) is 54.0 Å². The third-order valence-electron chi connectivity index (χ3n) is 10.5. The molecule has 51 heavy (non-hydrogen) atoms. The van der Waals surface area contributed by atoms with Gasteiger partial charge in [0.05, 0.1) is 6.04 Å². The zero-order chi connectivity index (χ0) is 34.1.